The largest absolute Gasteiger partial charge is 0.341 e. The Kier molecular flexibility index (Phi) is 8.89. The fourth-order valence-corrected chi connectivity index (χ4v) is 5.31. The Labute approximate surface area is 172 Å². The van der Waals surface area contributed by atoms with E-state index < -0.39 is 12.6 Å². The molecule has 2 aromatic rings. The maximum Gasteiger partial charge on any atom is 0.341 e. The molecular weight excluding hydrogens is 509 g/mol. The second kappa shape index (κ2) is 10.7. The van der Waals surface area contributed by atoms with Crippen molar-refractivity contribution in [3.05, 3.63) is 52.1 Å². The molecule has 7 nitrogen and oxygen atoms in total. The summed E-state index contributed by atoms with van der Waals surface area (Å²) in [5.74, 6) is 0. The van der Waals surface area contributed by atoms with Crippen LogP contribution in [0.25, 0.3) is 10.4 Å². The molecular formula is C15H18Br2N3O4PS. The van der Waals surface area contributed by atoms with Crippen LogP contribution >= 0.6 is 50.9 Å². The molecule has 11 heteroatoms. The summed E-state index contributed by atoms with van der Waals surface area (Å²) in [5.41, 5.74) is 1.76. The van der Waals surface area contributed by atoms with Crippen molar-refractivity contribution in [2.75, 3.05) is 23.7 Å². The molecule has 1 aromatic carbocycles. The Morgan fingerprint density at radius 1 is 1.08 bits per heavy atom. The molecule has 0 radical (unpaired) electrons. The van der Waals surface area contributed by atoms with Gasteiger partial charge < -0.3 is 4.52 Å². The standard InChI is InChI=1S/C15H18Br2N3O4PS/c16-7-9-18-25(23,19-10-8-17)24-11-12-1-3-13(4-2-12)14-5-6-15(26-14)20(21)22/h1-6H,7-11H2,(H2,18,19,23). The number of nitro groups is 1. The minimum atomic E-state index is -3.13. The van der Waals surface area contributed by atoms with Gasteiger partial charge in [0.25, 0.3) is 0 Å². The minimum Gasteiger partial charge on any atom is -0.301 e. The lowest BCUT2D eigenvalue weighted by Gasteiger charge is -2.20. The fraction of sp³-hybridized carbons (Fsp3) is 0.333. The summed E-state index contributed by atoms with van der Waals surface area (Å²) >= 11 is 7.71. The van der Waals surface area contributed by atoms with Crippen molar-refractivity contribution in [2.45, 2.75) is 6.61 Å². The second-order valence-corrected chi connectivity index (χ2v) is 9.75. The number of rotatable bonds is 11. The molecule has 0 unspecified atom stereocenters. The lowest BCUT2D eigenvalue weighted by molar-refractivity contribution is -0.380. The lowest BCUT2D eigenvalue weighted by Crippen LogP contribution is -2.26. The molecule has 0 amide bonds. The first kappa shape index (κ1) is 21.7. The molecule has 0 fully saturated rings. The highest BCUT2D eigenvalue weighted by Gasteiger charge is 2.21. The van der Waals surface area contributed by atoms with E-state index in [4.69, 9.17) is 4.52 Å². The first-order valence-electron chi connectivity index (χ1n) is 7.68. The molecule has 0 saturated carbocycles. The van der Waals surface area contributed by atoms with Crippen molar-refractivity contribution < 1.29 is 14.0 Å². The van der Waals surface area contributed by atoms with Crippen LogP contribution in [0.5, 0.6) is 0 Å². The van der Waals surface area contributed by atoms with Crippen molar-refractivity contribution in [1.29, 1.82) is 0 Å². The van der Waals surface area contributed by atoms with Gasteiger partial charge in [-0.15, -0.1) is 0 Å². The van der Waals surface area contributed by atoms with Crippen LogP contribution in [-0.4, -0.2) is 28.7 Å². The number of alkyl halides is 2. The first-order chi connectivity index (χ1) is 12.5. The van der Waals surface area contributed by atoms with E-state index in [0.29, 0.717) is 23.7 Å². The van der Waals surface area contributed by atoms with E-state index in [9.17, 15) is 14.7 Å². The third-order valence-corrected chi connectivity index (χ3v) is 6.90. The smallest absolute Gasteiger partial charge is 0.301 e. The van der Waals surface area contributed by atoms with Crippen LogP contribution in [0.4, 0.5) is 5.00 Å². The van der Waals surface area contributed by atoms with Crippen LogP contribution in [0.3, 0.4) is 0 Å². The lowest BCUT2D eigenvalue weighted by atomic mass is 10.1. The summed E-state index contributed by atoms with van der Waals surface area (Å²) in [7, 11) is -3.13. The highest BCUT2D eigenvalue weighted by Crippen LogP contribution is 2.38. The molecule has 0 saturated heterocycles. The summed E-state index contributed by atoms with van der Waals surface area (Å²) < 4.78 is 18.3. The number of thiophene rings is 1. The molecule has 2 N–H and O–H groups in total. The molecule has 0 bridgehead atoms. The van der Waals surface area contributed by atoms with Gasteiger partial charge in [-0.05, 0) is 17.2 Å². The summed E-state index contributed by atoms with van der Waals surface area (Å²) in [6.45, 7) is 1.22. The quantitative estimate of drug-likeness (QED) is 0.187. The predicted octanol–water partition coefficient (Wildman–Crippen LogP) is 4.92. The summed E-state index contributed by atoms with van der Waals surface area (Å²) in [5, 5.41) is 18.0. The Bertz CT molecular complexity index is 761. The van der Waals surface area contributed by atoms with Gasteiger partial charge in [-0.1, -0.05) is 67.5 Å². The molecule has 0 aliphatic rings. The topological polar surface area (TPSA) is 93.5 Å². The third kappa shape index (κ3) is 6.53. The number of hydrogen-bond acceptors (Lipinski definition) is 5. The molecule has 2 rings (SSSR count). The van der Waals surface area contributed by atoms with Gasteiger partial charge in [-0.3, -0.25) is 14.7 Å². The molecule has 0 spiro atoms. The van der Waals surface area contributed by atoms with E-state index in [-0.39, 0.29) is 11.6 Å². The van der Waals surface area contributed by atoms with E-state index in [1.807, 2.05) is 24.3 Å². The molecule has 1 aromatic heterocycles. The van der Waals surface area contributed by atoms with Gasteiger partial charge in [0.05, 0.1) is 11.5 Å². The van der Waals surface area contributed by atoms with Gasteiger partial charge in [0, 0.05) is 34.7 Å². The van der Waals surface area contributed by atoms with Crippen LogP contribution in [0, 0.1) is 10.1 Å². The number of benzene rings is 1. The monoisotopic (exact) mass is 525 g/mol. The van der Waals surface area contributed by atoms with E-state index >= 15 is 0 Å². The van der Waals surface area contributed by atoms with Gasteiger partial charge in [-0.25, -0.2) is 10.2 Å². The molecule has 26 heavy (non-hydrogen) atoms. The highest BCUT2D eigenvalue weighted by molar-refractivity contribution is 9.09. The molecule has 0 aliphatic carbocycles. The Balaban J connectivity index is 2.00. The van der Waals surface area contributed by atoms with Gasteiger partial charge in [0.1, 0.15) is 0 Å². The van der Waals surface area contributed by atoms with Crippen LogP contribution in [0.2, 0.25) is 0 Å². The molecule has 1 heterocycles. The van der Waals surface area contributed by atoms with Crippen LogP contribution in [0.1, 0.15) is 5.56 Å². The van der Waals surface area contributed by atoms with Crippen molar-refractivity contribution >= 4 is 55.9 Å². The van der Waals surface area contributed by atoms with E-state index in [2.05, 4.69) is 42.0 Å². The third-order valence-electron chi connectivity index (χ3n) is 3.25. The Morgan fingerprint density at radius 2 is 1.69 bits per heavy atom. The van der Waals surface area contributed by atoms with Crippen LogP contribution in [-0.2, 0) is 15.7 Å². The highest BCUT2D eigenvalue weighted by atomic mass is 79.9. The summed E-state index contributed by atoms with van der Waals surface area (Å²) in [4.78, 5) is 11.2. The van der Waals surface area contributed by atoms with E-state index in [1.165, 1.54) is 6.07 Å². The van der Waals surface area contributed by atoms with E-state index in [0.717, 1.165) is 27.3 Å². The van der Waals surface area contributed by atoms with Crippen molar-refractivity contribution in [1.82, 2.24) is 10.2 Å². The van der Waals surface area contributed by atoms with Gasteiger partial charge in [0.2, 0.25) is 0 Å². The summed E-state index contributed by atoms with van der Waals surface area (Å²) in [6.07, 6.45) is 0. The fourth-order valence-electron chi connectivity index (χ4n) is 2.04. The van der Waals surface area contributed by atoms with Crippen molar-refractivity contribution in [3.63, 3.8) is 0 Å². The van der Waals surface area contributed by atoms with Gasteiger partial charge in [-0.2, -0.15) is 0 Å². The number of nitrogens with one attached hydrogen (secondary N) is 2. The van der Waals surface area contributed by atoms with Crippen molar-refractivity contribution in [2.24, 2.45) is 0 Å². The normalized spacial score (nSPS) is 11.6. The van der Waals surface area contributed by atoms with Gasteiger partial charge in [0.15, 0.2) is 0 Å². The molecule has 0 aliphatic heterocycles. The zero-order valence-corrected chi connectivity index (χ0v) is 18.6. The molecule has 142 valence electrons. The maximum atomic E-state index is 12.7. The minimum absolute atomic E-state index is 0.115. The van der Waals surface area contributed by atoms with Gasteiger partial charge >= 0.3 is 12.7 Å². The SMILES string of the molecule is O=[N+]([O-])c1ccc(-c2ccc(COP(=O)(NCCBr)NCCBr)cc2)s1. The van der Waals surface area contributed by atoms with Crippen LogP contribution in [0.15, 0.2) is 36.4 Å². The average molecular weight is 527 g/mol. The van der Waals surface area contributed by atoms with Crippen molar-refractivity contribution in [3.8, 4) is 10.4 Å². The number of halogens is 2. The second-order valence-electron chi connectivity index (χ2n) is 5.11. The Morgan fingerprint density at radius 3 is 2.19 bits per heavy atom. The Hall–Kier alpha value is -0.610. The average Bonchev–Trinajstić information content (AvgIpc) is 3.14. The zero-order chi connectivity index (χ0) is 19.0. The number of hydrogen-bond donors (Lipinski definition) is 2. The molecule has 0 atom stereocenters. The predicted molar refractivity (Wildman–Crippen MR) is 112 cm³/mol. The zero-order valence-electron chi connectivity index (χ0n) is 13.7. The summed E-state index contributed by atoms with van der Waals surface area (Å²) in [6, 6.07) is 10.7. The van der Waals surface area contributed by atoms with E-state index in [1.54, 1.807) is 6.07 Å². The first-order valence-corrected chi connectivity index (χ1v) is 12.4. The number of nitrogens with zero attached hydrogens (tertiary/aromatic N) is 1. The van der Waals surface area contributed by atoms with Crippen LogP contribution < -0.4 is 10.2 Å². The maximum absolute atomic E-state index is 12.7.